The predicted octanol–water partition coefficient (Wildman–Crippen LogP) is 4.09. The lowest BCUT2D eigenvalue weighted by atomic mass is 10.0. The van der Waals surface area contributed by atoms with Gasteiger partial charge < -0.3 is 15.0 Å². The number of H-pyrrole nitrogens is 1. The number of phenols is 1. The number of benzene rings is 2. The summed E-state index contributed by atoms with van der Waals surface area (Å²) in [5.74, 6) is 0.422. The molecular weight excluding hydrogens is 312 g/mol. The maximum Gasteiger partial charge on any atom is 0.227 e. The second-order valence-corrected chi connectivity index (χ2v) is 6.88. The van der Waals surface area contributed by atoms with Crippen molar-refractivity contribution >= 4 is 16.8 Å². The van der Waals surface area contributed by atoms with Gasteiger partial charge in [0.25, 0.3) is 0 Å². The first-order valence-corrected chi connectivity index (χ1v) is 8.77. The molecule has 0 saturated carbocycles. The first-order chi connectivity index (χ1) is 12.1. The van der Waals surface area contributed by atoms with Crippen LogP contribution in [0.25, 0.3) is 10.9 Å². The molecule has 128 valence electrons. The molecule has 1 fully saturated rings. The van der Waals surface area contributed by atoms with Crippen LogP contribution >= 0.6 is 0 Å². The van der Waals surface area contributed by atoms with Gasteiger partial charge in [-0.25, -0.2) is 0 Å². The Hall–Kier alpha value is -2.75. The van der Waals surface area contributed by atoms with Gasteiger partial charge in [0.05, 0.1) is 12.5 Å². The standard InChI is InChI=1S/C21H22N2O2/c1-14-4-9-18-16(13-22-19(18)11-14)12-21(25)23-10-2-3-20(23)15-5-7-17(24)8-6-15/h4-9,11,13,20,22,24H,2-3,10,12H2,1H3. The van der Waals surface area contributed by atoms with E-state index >= 15 is 0 Å². The van der Waals surface area contributed by atoms with Gasteiger partial charge in [-0.3, -0.25) is 4.79 Å². The molecule has 3 aromatic rings. The normalized spacial score (nSPS) is 17.3. The van der Waals surface area contributed by atoms with Crippen molar-refractivity contribution in [1.82, 2.24) is 9.88 Å². The quantitative estimate of drug-likeness (QED) is 0.758. The lowest BCUT2D eigenvalue weighted by Crippen LogP contribution is -2.31. The van der Waals surface area contributed by atoms with Gasteiger partial charge in [-0.2, -0.15) is 0 Å². The third kappa shape index (κ3) is 3.00. The highest BCUT2D eigenvalue weighted by Gasteiger charge is 2.30. The Labute approximate surface area is 147 Å². The smallest absolute Gasteiger partial charge is 0.227 e. The van der Waals surface area contributed by atoms with E-state index in [2.05, 4.69) is 30.1 Å². The summed E-state index contributed by atoms with van der Waals surface area (Å²) >= 11 is 0. The molecule has 0 aliphatic carbocycles. The van der Waals surface area contributed by atoms with Crippen LogP contribution in [0.5, 0.6) is 5.75 Å². The molecule has 4 nitrogen and oxygen atoms in total. The summed E-state index contributed by atoms with van der Waals surface area (Å²) < 4.78 is 0. The molecule has 1 aliphatic rings. The highest BCUT2D eigenvalue weighted by molar-refractivity contribution is 5.89. The van der Waals surface area contributed by atoms with Crippen molar-refractivity contribution < 1.29 is 9.90 Å². The van der Waals surface area contributed by atoms with Gasteiger partial charge in [-0.15, -0.1) is 0 Å². The van der Waals surface area contributed by atoms with Crippen molar-refractivity contribution in [1.29, 1.82) is 0 Å². The monoisotopic (exact) mass is 334 g/mol. The van der Waals surface area contributed by atoms with Crippen LogP contribution in [0.2, 0.25) is 0 Å². The fraction of sp³-hybridized carbons (Fsp3) is 0.286. The molecule has 0 spiro atoms. The lowest BCUT2D eigenvalue weighted by Gasteiger charge is -2.25. The predicted molar refractivity (Wildman–Crippen MR) is 98.5 cm³/mol. The van der Waals surface area contributed by atoms with Gasteiger partial charge in [0.15, 0.2) is 0 Å². The van der Waals surface area contributed by atoms with E-state index in [-0.39, 0.29) is 17.7 Å². The molecule has 25 heavy (non-hydrogen) atoms. The largest absolute Gasteiger partial charge is 0.508 e. The minimum atomic E-state index is 0.112. The zero-order chi connectivity index (χ0) is 17.4. The average Bonchev–Trinajstić information content (AvgIpc) is 3.23. The van der Waals surface area contributed by atoms with E-state index in [0.29, 0.717) is 6.42 Å². The van der Waals surface area contributed by atoms with Crippen molar-refractivity contribution in [3.63, 3.8) is 0 Å². The number of aryl methyl sites for hydroxylation is 1. The van der Waals surface area contributed by atoms with Crippen LogP contribution in [0.1, 0.15) is 35.6 Å². The Morgan fingerprint density at radius 3 is 2.84 bits per heavy atom. The van der Waals surface area contributed by atoms with Crippen LogP contribution < -0.4 is 0 Å². The fourth-order valence-corrected chi connectivity index (χ4v) is 3.82. The SMILES string of the molecule is Cc1ccc2c(CC(=O)N3CCCC3c3ccc(O)cc3)c[nH]c2c1. The number of hydrogen-bond acceptors (Lipinski definition) is 2. The number of aromatic amines is 1. The molecule has 1 atom stereocenters. The summed E-state index contributed by atoms with van der Waals surface area (Å²) in [6.07, 6.45) is 4.36. The topological polar surface area (TPSA) is 56.3 Å². The second-order valence-electron chi connectivity index (χ2n) is 6.88. The van der Waals surface area contributed by atoms with Crippen molar-refractivity contribution in [2.24, 2.45) is 0 Å². The minimum absolute atomic E-state index is 0.112. The van der Waals surface area contributed by atoms with Crippen LogP contribution in [0.15, 0.2) is 48.7 Å². The van der Waals surface area contributed by atoms with Crippen LogP contribution in [0.3, 0.4) is 0 Å². The van der Waals surface area contributed by atoms with E-state index in [0.717, 1.165) is 41.4 Å². The van der Waals surface area contributed by atoms with E-state index in [4.69, 9.17) is 0 Å². The fourth-order valence-electron chi connectivity index (χ4n) is 3.82. The Balaban J connectivity index is 1.56. The number of carbonyl (C=O) groups is 1. The number of likely N-dealkylation sites (tertiary alicyclic amines) is 1. The van der Waals surface area contributed by atoms with E-state index in [1.165, 1.54) is 5.56 Å². The molecule has 4 heteroatoms. The van der Waals surface area contributed by atoms with Crippen LogP contribution in [0.4, 0.5) is 0 Å². The molecule has 1 unspecified atom stereocenters. The van der Waals surface area contributed by atoms with E-state index in [9.17, 15) is 9.90 Å². The van der Waals surface area contributed by atoms with Crippen molar-refractivity contribution in [3.8, 4) is 5.75 Å². The number of nitrogens with one attached hydrogen (secondary N) is 1. The molecule has 2 N–H and O–H groups in total. The number of aromatic hydroxyl groups is 1. The summed E-state index contributed by atoms with van der Waals surface area (Å²) in [6.45, 7) is 2.86. The van der Waals surface area contributed by atoms with Gasteiger partial charge in [0.2, 0.25) is 5.91 Å². The number of rotatable bonds is 3. The summed E-state index contributed by atoms with van der Waals surface area (Å²) in [7, 11) is 0. The number of hydrogen-bond donors (Lipinski definition) is 2. The van der Waals surface area contributed by atoms with Gasteiger partial charge in [0, 0.05) is 23.6 Å². The highest BCUT2D eigenvalue weighted by Crippen LogP contribution is 2.33. The molecule has 1 aliphatic heterocycles. The van der Waals surface area contributed by atoms with Crippen LogP contribution in [0, 0.1) is 6.92 Å². The summed E-state index contributed by atoms with van der Waals surface area (Å²) in [5, 5.41) is 10.6. The Morgan fingerprint density at radius 1 is 1.24 bits per heavy atom. The minimum Gasteiger partial charge on any atom is -0.508 e. The summed E-state index contributed by atoms with van der Waals surface area (Å²) in [4.78, 5) is 18.2. The molecule has 1 saturated heterocycles. The first-order valence-electron chi connectivity index (χ1n) is 8.77. The zero-order valence-corrected chi connectivity index (χ0v) is 14.3. The van der Waals surface area contributed by atoms with Gasteiger partial charge >= 0.3 is 0 Å². The van der Waals surface area contributed by atoms with E-state index < -0.39 is 0 Å². The molecule has 2 aromatic carbocycles. The molecule has 0 bridgehead atoms. The maximum absolute atomic E-state index is 12.9. The van der Waals surface area contributed by atoms with Crippen LogP contribution in [-0.2, 0) is 11.2 Å². The Kier molecular flexibility index (Phi) is 3.96. The van der Waals surface area contributed by atoms with Crippen LogP contribution in [-0.4, -0.2) is 27.4 Å². The summed E-state index contributed by atoms with van der Waals surface area (Å²) in [6, 6.07) is 13.6. The van der Waals surface area contributed by atoms with Crippen molar-refractivity contribution in [2.75, 3.05) is 6.54 Å². The zero-order valence-electron chi connectivity index (χ0n) is 14.3. The third-order valence-electron chi connectivity index (χ3n) is 5.12. The third-order valence-corrected chi connectivity index (χ3v) is 5.12. The van der Waals surface area contributed by atoms with Gasteiger partial charge in [-0.05, 0) is 54.7 Å². The summed E-state index contributed by atoms with van der Waals surface area (Å²) in [5.41, 5.74) is 4.44. The lowest BCUT2D eigenvalue weighted by molar-refractivity contribution is -0.131. The number of aromatic nitrogens is 1. The average molecular weight is 334 g/mol. The number of amides is 1. The maximum atomic E-state index is 12.9. The van der Waals surface area contributed by atoms with Crippen molar-refractivity contribution in [2.45, 2.75) is 32.2 Å². The number of phenolic OH excluding ortho intramolecular Hbond substituents is 1. The number of carbonyl (C=O) groups excluding carboxylic acids is 1. The van der Waals surface area contributed by atoms with Gasteiger partial charge in [0.1, 0.15) is 5.75 Å². The Morgan fingerprint density at radius 2 is 2.04 bits per heavy atom. The molecule has 1 amide bonds. The molecule has 4 rings (SSSR count). The Bertz CT molecular complexity index is 911. The molecular formula is C21H22N2O2. The van der Waals surface area contributed by atoms with E-state index in [1.807, 2.05) is 23.2 Å². The second kappa shape index (κ2) is 6.28. The molecule has 1 aromatic heterocycles. The number of fused-ring (bicyclic) bond motifs is 1. The van der Waals surface area contributed by atoms with Gasteiger partial charge in [-0.1, -0.05) is 24.3 Å². The highest BCUT2D eigenvalue weighted by atomic mass is 16.3. The first kappa shape index (κ1) is 15.8. The van der Waals surface area contributed by atoms with Crippen molar-refractivity contribution in [3.05, 3.63) is 65.4 Å². The molecule has 2 heterocycles. The molecule has 0 radical (unpaired) electrons. The van der Waals surface area contributed by atoms with E-state index in [1.54, 1.807) is 12.1 Å². The number of nitrogens with zero attached hydrogens (tertiary/aromatic N) is 1.